The summed E-state index contributed by atoms with van der Waals surface area (Å²) in [6.45, 7) is 3.23. The van der Waals surface area contributed by atoms with Crippen molar-refractivity contribution in [2.24, 2.45) is 5.92 Å². The Hall–Kier alpha value is -0.790. The molecule has 0 spiro atoms. The standard InChI is InChI=1S/C9H14N2/c1-8-10-5-7-11(8)6-4-9-2-3-9/h5,7,9H,2-4,6H2,1H3. The Morgan fingerprint density at radius 1 is 1.64 bits per heavy atom. The highest BCUT2D eigenvalue weighted by atomic mass is 15.0. The number of rotatable bonds is 3. The topological polar surface area (TPSA) is 17.8 Å². The van der Waals surface area contributed by atoms with Crippen LogP contribution in [-0.2, 0) is 6.54 Å². The minimum atomic E-state index is 1.02. The second-order valence-corrected chi connectivity index (χ2v) is 3.40. The third-order valence-electron chi connectivity index (χ3n) is 2.40. The molecule has 1 aromatic rings. The van der Waals surface area contributed by atoms with E-state index in [-0.39, 0.29) is 0 Å². The molecule has 0 amide bonds. The zero-order valence-electron chi connectivity index (χ0n) is 6.95. The summed E-state index contributed by atoms with van der Waals surface area (Å²) in [5, 5.41) is 0. The van der Waals surface area contributed by atoms with Crippen LogP contribution in [0.3, 0.4) is 0 Å². The summed E-state index contributed by atoms with van der Waals surface area (Å²) in [7, 11) is 0. The molecule has 1 aliphatic rings. The van der Waals surface area contributed by atoms with Crippen molar-refractivity contribution in [1.29, 1.82) is 0 Å². The van der Waals surface area contributed by atoms with Crippen LogP contribution < -0.4 is 0 Å². The monoisotopic (exact) mass is 150 g/mol. The first-order valence-electron chi connectivity index (χ1n) is 4.34. The van der Waals surface area contributed by atoms with E-state index in [4.69, 9.17) is 0 Å². The van der Waals surface area contributed by atoms with Crippen LogP contribution in [-0.4, -0.2) is 9.55 Å². The van der Waals surface area contributed by atoms with E-state index in [9.17, 15) is 0 Å². The van der Waals surface area contributed by atoms with Gasteiger partial charge in [0.1, 0.15) is 5.82 Å². The largest absolute Gasteiger partial charge is 0.335 e. The Morgan fingerprint density at radius 3 is 3.00 bits per heavy atom. The smallest absolute Gasteiger partial charge is 0.105 e. The van der Waals surface area contributed by atoms with Crippen LogP contribution in [0.5, 0.6) is 0 Å². The zero-order chi connectivity index (χ0) is 7.68. The van der Waals surface area contributed by atoms with E-state index < -0.39 is 0 Å². The molecule has 0 radical (unpaired) electrons. The molecule has 1 aromatic heterocycles. The van der Waals surface area contributed by atoms with Gasteiger partial charge in [0, 0.05) is 18.9 Å². The Balaban J connectivity index is 1.89. The van der Waals surface area contributed by atoms with Crippen molar-refractivity contribution < 1.29 is 0 Å². The van der Waals surface area contributed by atoms with Gasteiger partial charge in [0.2, 0.25) is 0 Å². The quantitative estimate of drug-likeness (QED) is 0.644. The van der Waals surface area contributed by atoms with E-state index in [1.54, 1.807) is 0 Å². The second-order valence-electron chi connectivity index (χ2n) is 3.40. The first kappa shape index (κ1) is 6.89. The zero-order valence-corrected chi connectivity index (χ0v) is 6.95. The molecule has 11 heavy (non-hydrogen) atoms. The van der Waals surface area contributed by atoms with E-state index in [0.29, 0.717) is 0 Å². The van der Waals surface area contributed by atoms with Gasteiger partial charge in [-0.25, -0.2) is 4.98 Å². The lowest BCUT2D eigenvalue weighted by molar-refractivity contribution is 0.584. The summed E-state index contributed by atoms with van der Waals surface area (Å²) < 4.78 is 2.23. The molecule has 1 saturated carbocycles. The van der Waals surface area contributed by atoms with Crippen LogP contribution in [0.1, 0.15) is 25.1 Å². The third-order valence-corrected chi connectivity index (χ3v) is 2.40. The van der Waals surface area contributed by atoms with Crippen molar-refractivity contribution >= 4 is 0 Å². The maximum absolute atomic E-state index is 4.18. The summed E-state index contributed by atoms with van der Waals surface area (Å²) in [4.78, 5) is 4.18. The third kappa shape index (κ3) is 1.62. The van der Waals surface area contributed by atoms with Gasteiger partial charge in [-0.2, -0.15) is 0 Å². The molecule has 0 aromatic carbocycles. The van der Waals surface area contributed by atoms with Crippen molar-refractivity contribution in [3.8, 4) is 0 Å². The van der Waals surface area contributed by atoms with E-state index in [0.717, 1.165) is 18.3 Å². The number of aromatic nitrogens is 2. The first-order valence-corrected chi connectivity index (χ1v) is 4.34. The first-order chi connectivity index (χ1) is 5.36. The summed E-state index contributed by atoms with van der Waals surface area (Å²) >= 11 is 0. The Bertz CT molecular complexity index is 235. The number of aryl methyl sites for hydroxylation is 2. The molecule has 1 heterocycles. The molecule has 2 heteroatoms. The van der Waals surface area contributed by atoms with Crippen LogP contribution in [0, 0.1) is 12.8 Å². The molecule has 1 fully saturated rings. The molecule has 1 aliphatic carbocycles. The van der Waals surface area contributed by atoms with Gasteiger partial charge in [-0.3, -0.25) is 0 Å². The molecule has 0 N–H and O–H groups in total. The van der Waals surface area contributed by atoms with Gasteiger partial charge in [0.15, 0.2) is 0 Å². The fourth-order valence-corrected chi connectivity index (χ4v) is 1.37. The van der Waals surface area contributed by atoms with Crippen molar-refractivity contribution in [1.82, 2.24) is 9.55 Å². The summed E-state index contributed by atoms with van der Waals surface area (Å²) in [6, 6.07) is 0. The molecule has 0 atom stereocenters. The van der Waals surface area contributed by atoms with Crippen molar-refractivity contribution in [2.45, 2.75) is 32.7 Å². The fourth-order valence-electron chi connectivity index (χ4n) is 1.37. The van der Waals surface area contributed by atoms with Gasteiger partial charge in [0.05, 0.1) is 0 Å². The average molecular weight is 150 g/mol. The van der Waals surface area contributed by atoms with Gasteiger partial charge in [-0.1, -0.05) is 12.8 Å². The van der Waals surface area contributed by atoms with Crippen LogP contribution in [0.4, 0.5) is 0 Å². The fraction of sp³-hybridized carbons (Fsp3) is 0.667. The highest BCUT2D eigenvalue weighted by molar-refractivity contribution is 4.88. The van der Waals surface area contributed by atoms with Crippen molar-refractivity contribution in [3.05, 3.63) is 18.2 Å². The second kappa shape index (κ2) is 2.68. The molecule has 0 saturated heterocycles. The van der Waals surface area contributed by atoms with Gasteiger partial charge < -0.3 is 4.57 Å². The lowest BCUT2D eigenvalue weighted by Crippen LogP contribution is -1.99. The molecule has 0 unspecified atom stereocenters. The number of hydrogen-bond acceptors (Lipinski definition) is 1. The van der Waals surface area contributed by atoms with E-state index in [1.807, 2.05) is 6.20 Å². The molecule has 60 valence electrons. The van der Waals surface area contributed by atoms with Crippen LogP contribution in [0.15, 0.2) is 12.4 Å². The lowest BCUT2D eigenvalue weighted by Gasteiger charge is -2.02. The number of nitrogens with zero attached hydrogens (tertiary/aromatic N) is 2. The number of hydrogen-bond donors (Lipinski definition) is 0. The van der Waals surface area contributed by atoms with Gasteiger partial charge >= 0.3 is 0 Å². The minimum absolute atomic E-state index is 1.02. The minimum Gasteiger partial charge on any atom is -0.335 e. The van der Waals surface area contributed by atoms with Crippen LogP contribution in [0.2, 0.25) is 0 Å². The summed E-state index contributed by atoms with van der Waals surface area (Å²) in [5.41, 5.74) is 0. The Labute approximate surface area is 67.3 Å². The number of imidazole rings is 1. The highest BCUT2D eigenvalue weighted by Crippen LogP contribution is 2.32. The van der Waals surface area contributed by atoms with E-state index in [1.165, 1.54) is 19.3 Å². The maximum atomic E-state index is 4.18. The Morgan fingerprint density at radius 2 is 2.45 bits per heavy atom. The van der Waals surface area contributed by atoms with Crippen LogP contribution in [0.25, 0.3) is 0 Å². The molecule has 2 rings (SSSR count). The van der Waals surface area contributed by atoms with E-state index >= 15 is 0 Å². The summed E-state index contributed by atoms with van der Waals surface area (Å²) in [6.07, 6.45) is 8.19. The maximum Gasteiger partial charge on any atom is 0.105 e. The average Bonchev–Trinajstić information content (AvgIpc) is 2.73. The molecular weight excluding hydrogens is 136 g/mol. The predicted octanol–water partition coefficient (Wildman–Crippen LogP) is 1.99. The molecule has 0 aliphatic heterocycles. The van der Waals surface area contributed by atoms with Gasteiger partial charge in [-0.15, -0.1) is 0 Å². The van der Waals surface area contributed by atoms with Crippen molar-refractivity contribution in [3.63, 3.8) is 0 Å². The SMILES string of the molecule is Cc1nccn1CCC1CC1. The van der Waals surface area contributed by atoms with Crippen molar-refractivity contribution in [2.75, 3.05) is 0 Å². The lowest BCUT2D eigenvalue weighted by atomic mass is 10.3. The molecule has 2 nitrogen and oxygen atoms in total. The summed E-state index contributed by atoms with van der Waals surface area (Å²) in [5.74, 6) is 2.17. The molecule has 0 bridgehead atoms. The van der Waals surface area contributed by atoms with E-state index in [2.05, 4.69) is 22.7 Å². The Kier molecular flexibility index (Phi) is 1.68. The normalized spacial score (nSPS) is 17.2. The van der Waals surface area contributed by atoms with Gasteiger partial charge in [0.25, 0.3) is 0 Å². The predicted molar refractivity (Wildman–Crippen MR) is 44.3 cm³/mol. The highest BCUT2D eigenvalue weighted by Gasteiger charge is 2.20. The van der Waals surface area contributed by atoms with Crippen LogP contribution >= 0.6 is 0 Å². The molecular formula is C9H14N2. The van der Waals surface area contributed by atoms with Gasteiger partial charge in [-0.05, 0) is 19.3 Å².